The van der Waals surface area contributed by atoms with Crippen molar-refractivity contribution in [2.75, 3.05) is 5.33 Å². The molecule has 0 aliphatic heterocycles. The van der Waals surface area contributed by atoms with Gasteiger partial charge in [0.2, 0.25) is 0 Å². The lowest BCUT2D eigenvalue weighted by molar-refractivity contribution is 0.102. The lowest BCUT2D eigenvalue weighted by Crippen LogP contribution is -2.02. The molecular weight excluding hydrogens is 398 g/mol. The second-order valence-electron chi connectivity index (χ2n) is 4.44. The normalized spacial score (nSPS) is 10.4. The van der Waals surface area contributed by atoms with Crippen LogP contribution in [0.1, 0.15) is 16.2 Å². The highest BCUT2D eigenvalue weighted by Gasteiger charge is 2.10. The smallest absolute Gasteiger partial charge is 0.173 e. The molecule has 0 bridgehead atoms. The number of fused-ring (bicyclic) bond motifs is 1. The van der Waals surface area contributed by atoms with Crippen LogP contribution >= 0.6 is 32.9 Å². The van der Waals surface area contributed by atoms with Gasteiger partial charge in [0.1, 0.15) is 11.3 Å². The number of alkyl halides is 1. The molecular formula is C15H13Br2N3O. The molecule has 0 amide bonds. The Morgan fingerprint density at radius 2 is 1.95 bits per heavy atom. The summed E-state index contributed by atoms with van der Waals surface area (Å²) in [5.41, 5.74) is 3.34. The summed E-state index contributed by atoms with van der Waals surface area (Å²) in [5.74, 6) is 0.945. The van der Waals surface area contributed by atoms with Gasteiger partial charge >= 0.3 is 0 Å². The van der Waals surface area contributed by atoms with Crippen LogP contribution in [0.25, 0.3) is 16.9 Å². The van der Waals surface area contributed by atoms with Crippen molar-refractivity contribution in [3.05, 3.63) is 54.0 Å². The average Bonchev–Trinajstić information content (AvgIpc) is 2.82. The van der Waals surface area contributed by atoms with Gasteiger partial charge in [0.05, 0.1) is 5.33 Å². The van der Waals surface area contributed by atoms with Crippen molar-refractivity contribution in [1.82, 2.24) is 14.5 Å². The fourth-order valence-corrected chi connectivity index (χ4v) is 2.53. The molecule has 0 spiro atoms. The number of Topliss-reactive ketones (excluding diaryl/α,β-unsaturated/α-hetero) is 1. The average molecular weight is 411 g/mol. The fourth-order valence-electron chi connectivity index (χ4n) is 2.21. The summed E-state index contributed by atoms with van der Waals surface area (Å²) >= 11 is 3.18. The van der Waals surface area contributed by atoms with E-state index in [1.165, 1.54) is 0 Å². The van der Waals surface area contributed by atoms with Crippen molar-refractivity contribution in [1.29, 1.82) is 0 Å². The van der Waals surface area contributed by atoms with Gasteiger partial charge in [-0.15, -0.1) is 17.0 Å². The van der Waals surface area contributed by atoms with Gasteiger partial charge in [-0.1, -0.05) is 15.9 Å². The predicted molar refractivity (Wildman–Crippen MR) is 92.0 cm³/mol. The minimum atomic E-state index is 0. The van der Waals surface area contributed by atoms with Crippen molar-refractivity contribution in [3.8, 4) is 5.69 Å². The van der Waals surface area contributed by atoms with E-state index in [1.54, 1.807) is 6.20 Å². The number of rotatable bonds is 3. The number of aryl methyl sites for hydroxylation is 1. The highest BCUT2D eigenvalue weighted by atomic mass is 79.9. The van der Waals surface area contributed by atoms with E-state index in [-0.39, 0.29) is 22.8 Å². The topological polar surface area (TPSA) is 47.8 Å². The molecule has 0 radical (unpaired) electrons. The maximum atomic E-state index is 11.6. The molecule has 0 aliphatic rings. The summed E-state index contributed by atoms with van der Waals surface area (Å²) in [7, 11) is 0. The third-order valence-electron chi connectivity index (χ3n) is 3.15. The summed E-state index contributed by atoms with van der Waals surface area (Å²) in [6, 6.07) is 11.3. The highest BCUT2D eigenvalue weighted by molar-refractivity contribution is 9.09. The van der Waals surface area contributed by atoms with Gasteiger partial charge in [0.15, 0.2) is 11.4 Å². The van der Waals surface area contributed by atoms with Crippen LogP contribution in [0.5, 0.6) is 0 Å². The zero-order valence-electron chi connectivity index (χ0n) is 11.3. The number of imidazole rings is 1. The quantitative estimate of drug-likeness (QED) is 0.486. The fraction of sp³-hybridized carbons (Fsp3) is 0.133. The Balaban J connectivity index is 0.00000161. The van der Waals surface area contributed by atoms with Crippen LogP contribution in [0, 0.1) is 6.92 Å². The summed E-state index contributed by atoms with van der Waals surface area (Å²) in [6.07, 6.45) is 1.75. The van der Waals surface area contributed by atoms with E-state index in [2.05, 4.69) is 25.9 Å². The third kappa shape index (κ3) is 2.91. The summed E-state index contributed by atoms with van der Waals surface area (Å²) in [5, 5.41) is 0.334. The maximum absolute atomic E-state index is 11.6. The molecule has 3 rings (SSSR count). The molecule has 2 heterocycles. The Morgan fingerprint density at radius 3 is 2.62 bits per heavy atom. The van der Waals surface area contributed by atoms with E-state index in [4.69, 9.17) is 0 Å². The van der Waals surface area contributed by atoms with E-state index in [0.29, 0.717) is 10.9 Å². The molecule has 0 atom stereocenters. The molecule has 6 heteroatoms. The Labute approximate surface area is 141 Å². The van der Waals surface area contributed by atoms with Gasteiger partial charge in [0.25, 0.3) is 0 Å². The maximum Gasteiger partial charge on any atom is 0.173 e. The number of carbonyl (C=O) groups excluding carboxylic acids is 1. The minimum Gasteiger partial charge on any atom is -0.293 e. The number of aromatic nitrogens is 3. The van der Waals surface area contributed by atoms with Crippen LogP contribution in [0.2, 0.25) is 0 Å². The molecule has 0 unspecified atom stereocenters. The molecule has 21 heavy (non-hydrogen) atoms. The van der Waals surface area contributed by atoms with Crippen LogP contribution < -0.4 is 0 Å². The number of halogens is 2. The predicted octanol–water partition coefficient (Wildman–Crippen LogP) is 3.88. The van der Waals surface area contributed by atoms with Crippen LogP contribution in [0.3, 0.4) is 0 Å². The van der Waals surface area contributed by atoms with Crippen LogP contribution in [0.4, 0.5) is 0 Å². The van der Waals surface area contributed by atoms with Gasteiger partial charge in [-0.05, 0) is 43.3 Å². The number of pyridine rings is 1. The molecule has 2 aromatic heterocycles. The van der Waals surface area contributed by atoms with Crippen LogP contribution in [-0.4, -0.2) is 25.6 Å². The van der Waals surface area contributed by atoms with E-state index >= 15 is 0 Å². The first-order chi connectivity index (χ1) is 9.70. The zero-order chi connectivity index (χ0) is 14.1. The second-order valence-corrected chi connectivity index (χ2v) is 5.00. The van der Waals surface area contributed by atoms with Gasteiger partial charge in [-0.3, -0.25) is 9.36 Å². The van der Waals surface area contributed by atoms with E-state index in [9.17, 15) is 4.79 Å². The third-order valence-corrected chi connectivity index (χ3v) is 3.66. The van der Waals surface area contributed by atoms with Crippen molar-refractivity contribution in [3.63, 3.8) is 0 Å². The molecule has 0 saturated carbocycles. The van der Waals surface area contributed by atoms with Crippen molar-refractivity contribution < 1.29 is 4.79 Å². The summed E-state index contributed by atoms with van der Waals surface area (Å²) in [6.45, 7) is 1.94. The SMILES string of the molecule is Br.Cc1nc2cccnc2n1-c1ccc(C(=O)CBr)cc1. The first-order valence-electron chi connectivity index (χ1n) is 6.20. The minimum absolute atomic E-state index is 0. The lowest BCUT2D eigenvalue weighted by Gasteiger charge is -2.06. The Bertz CT molecular complexity index is 781. The van der Waals surface area contributed by atoms with Gasteiger partial charge in [0, 0.05) is 17.4 Å². The molecule has 0 saturated heterocycles. The highest BCUT2D eigenvalue weighted by Crippen LogP contribution is 2.19. The summed E-state index contributed by atoms with van der Waals surface area (Å²) in [4.78, 5) is 20.5. The Hall–Kier alpha value is -1.53. The molecule has 0 aliphatic carbocycles. The number of nitrogens with zero attached hydrogens (tertiary/aromatic N) is 3. The number of benzene rings is 1. The van der Waals surface area contributed by atoms with Crippen molar-refractivity contribution in [2.24, 2.45) is 0 Å². The molecule has 0 N–H and O–H groups in total. The van der Waals surface area contributed by atoms with E-state index in [0.717, 1.165) is 22.7 Å². The molecule has 3 aromatic rings. The molecule has 4 nitrogen and oxygen atoms in total. The number of ketones is 1. The molecule has 0 fully saturated rings. The van der Waals surface area contributed by atoms with Gasteiger partial charge < -0.3 is 0 Å². The van der Waals surface area contributed by atoms with E-state index < -0.39 is 0 Å². The van der Waals surface area contributed by atoms with Crippen LogP contribution in [-0.2, 0) is 0 Å². The zero-order valence-corrected chi connectivity index (χ0v) is 14.6. The van der Waals surface area contributed by atoms with Gasteiger partial charge in [-0.2, -0.15) is 0 Å². The Morgan fingerprint density at radius 1 is 1.24 bits per heavy atom. The number of hydrogen-bond acceptors (Lipinski definition) is 3. The number of hydrogen-bond donors (Lipinski definition) is 0. The second kappa shape index (κ2) is 6.49. The number of carbonyl (C=O) groups is 1. The monoisotopic (exact) mass is 409 g/mol. The first kappa shape index (κ1) is 15.9. The van der Waals surface area contributed by atoms with Gasteiger partial charge in [-0.25, -0.2) is 9.97 Å². The van der Waals surface area contributed by atoms with Crippen molar-refractivity contribution >= 4 is 49.9 Å². The van der Waals surface area contributed by atoms with E-state index in [1.807, 2.05) is 47.9 Å². The molecule has 108 valence electrons. The van der Waals surface area contributed by atoms with Crippen LogP contribution in [0.15, 0.2) is 42.6 Å². The molecule has 1 aromatic carbocycles. The van der Waals surface area contributed by atoms with Crippen molar-refractivity contribution in [2.45, 2.75) is 6.92 Å². The largest absolute Gasteiger partial charge is 0.293 e. The standard InChI is InChI=1S/C15H12BrN3O.BrH/c1-10-18-13-3-2-8-17-15(13)19(10)12-6-4-11(5-7-12)14(20)9-16;/h2-8H,9H2,1H3;1H. The Kier molecular flexibility index (Phi) is 4.90. The summed E-state index contributed by atoms with van der Waals surface area (Å²) < 4.78 is 1.98. The first-order valence-corrected chi connectivity index (χ1v) is 7.32. The lowest BCUT2D eigenvalue weighted by atomic mass is 10.1.